The highest BCUT2D eigenvalue weighted by Gasteiger charge is 2.18. The van der Waals surface area contributed by atoms with Crippen molar-refractivity contribution in [1.29, 1.82) is 0 Å². The van der Waals surface area contributed by atoms with Crippen LogP contribution in [0, 0.1) is 0 Å². The molecule has 1 saturated heterocycles. The number of fused-ring (bicyclic) bond motifs is 1. The smallest absolute Gasteiger partial charge is 0.0642 e. The molecule has 0 saturated carbocycles. The number of ether oxygens (including phenoxy) is 1. The average molecular weight is 218 g/mol. The maximum atomic E-state index is 5.38. The third-order valence-corrected chi connectivity index (χ3v) is 3.39. The molecule has 0 bridgehead atoms. The van der Waals surface area contributed by atoms with E-state index in [0.29, 0.717) is 6.04 Å². The molecule has 1 atom stereocenters. The molecule has 2 aliphatic rings. The fraction of sp³-hybridized carbons (Fsp3) is 0.538. The quantitative estimate of drug-likeness (QED) is 0.779. The van der Waals surface area contributed by atoms with Gasteiger partial charge in [0.15, 0.2) is 0 Å². The summed E-state index contributed by atoms with van der Waals surface area (Å²) >= 11 is 0. The van der Waals surface area contributed by atoms with Gasteiger partial charge in [-0.15, -0.1) is 0 Å². The minimum atomic E-state index is 0.579. The summed E-state index contributed by atoms with van der Waals surface area (Å²) < 4.78 is 5.38. The molecule has 3 heteroatoms. The summed E-state index contributed by atoms with van der Waals surface area (Å²) in [6, 6.07) is 7.34. The fourth-order valence-corrected chi connectivity index (χ4v) is 2.55. The lowest BCUT2D eigenvalue weighted by atomic mass is 10.1. The SMILES string of the molecule is CC1Cc2cc(N3CCOCC3)ccc2N1. The van der Waals surface area contributed by atoms with Crippen molar-refractivity contribution in [3.05, 3.63) is 23.8 Å². The Bertz CT molecular complexity index is 386. The average Bonchev–Trinajstić information content (AvgIpc) is 2.69. The zero-order valence-corrected chi connectivity index (χ0v) is 9.70. The Hall–Kier alpha value is -1.22. The highest BCUT2D eigenvalue weighted by atomic mass is 16.5. The molecule has 0 aromatic heterocycles. The molecule has 1 aromatic rings. The van der Waals surface area contributed by atoms with E-state index in [4.69, 9.17) is 4.74 Å². The standard InChI is InChI=1S/C13H18N2O/c1-10-8-11-9-12(2-3-13(11)14-10)15-4-6-16-7-5-15/h2-3,9-10,14H,4-8H2,1H3. The Morgan fingerprint density at radius 1 is 1.31 bits per heavy atom. The van der Waals surface area contributed by atoms with E-state index in [0.717, 1.165) is 32.7 Å². The predicted octanol–water partition coefficient (Wildman–Crippen LogP) is 1.88. The van der Waals surface area contributed by atoms with Crippen LogP contribution >= 0.6 is 0 Å². The van der Waals surface area contributed by atoms with Crippen LogP contribution in [-0.2, 0) is 11.2 Å². The van der Waals surface area contributed by atoms with Crippen molar-refractivity contribution in [1.82, 2.24) is 0 Å². The van der Waals surface area contributed by atoms with Crippen LogP contribution in [0.5, 0.6) is 0 Å². The minimum absolute atomic E-state index is 0.579. The molecule has 1 N–H and O–H groups in total. The van der Waals surface area contributed by atoms with E-state index < -0.39 is 0 Å². The molecule has 3 rings (SSSR count). The maximum absolute atomic E-state index is 5.38. The minimum Gasteiger partial charge on any atom is -0.382 e. The van der Waals surface area contributed by atoms with Gasteiger partial charge in [0.05, 0.1) is 13.2 Å². The summed E-state index contributed by atoms with van der Waals surface area (Å²) in [5, 5.41) is 3.48. The van der Waals surface area contributed by atoms with Gasteiger partial charge in [-0.25, -0.2) is 0 Å². The number of morpholine rings is 1. The predicted molar refractivity (Wildman–Crippen MR) is 66.3 cm³/mol. The van der Waals surface area contributed by atoms with Crippen molar-refractivity contribution in [3.8, 4) is 0 Å². The molecular weight excluding hydrogens is 200 g/mol. The summed E-state index contributed by atoms with van der Waals surface area (Å²) in [4.78, 5) is 2.41. The van der Waals surface area contributed by atoms with E-state index in [-0.39, 0.29) is 0 Å². The Morgan fingerprint density at radius 2 is 2.12 bits per heavy atom. The first-order valence-corrected chi connectivity index (χ1v) is 6.05. The second kappa shape index (κ2) is 3.98. The van der Waals surface area contributed by atoms with Crippen molar-refractivity contribution in [2.75, 3.05) is 36.5 Å². The van der Waals surface area contributed by atoms with E-state index in [9.17, 15) is 0 Å². The first kappa shape index (κ1) is 9.97. The first-order valence-electron chi connectivity index (χ1n) is 6.05. The van der Waals surface area contributed by atoms with Gasteiger partial charge in [0, 0.05) is 30.5 Å². The lowest BCUT2D eigenvalue weighted by Gasteiger charge is -2.29. The summed E-state index contributed by atoms with van der Waals surface area (Å²) in [6.45, 7) is 5.97. The second-order valence-corrected chi connectivity index (χ2v) is 4.69. The molecule has 0 aliphatic carbocycles. The Labute approximate surface area is 96.4 Å². The van der Waals surface area contributed by atoms with E-state index in [1.165, 1.54) is 16.9 Å². The van der Waals surface area contributed by atoms with Gasteiger partial charge >= 0.3 is 0 Å². The summed E-state index contributed by atoms with van der Waals surface area (Å²) in [5.41, 5.74) is 4.11. The number of nitrogens with zero attached hydrogens (tertiary/aromatic N) is 1. The van der Waals surface area contributed by atoms with Crippen molar-refractivity contribution < 1.29 is 4.74 Å². The van der Waals surface area contributed by atoms with Crippen LogP contribution in [0.25, 0.3) is 0 Å². The third kappa shape index (κ3) is 1.76. The highest BCUT2D eigenvalue weighted by molar-refractivity contribution is 5.64. The van der Waals surface area contributed by atoms with Gasteiger partial charge < -0.3 is 15.0 Å². The Balaban J connectivity index is 1.84. The summed E-state index contributed by atoms with van der Waals surface area (Å²) in [6.07, 6.45) is 1.15. The van der Waals surface area contributed by atoms with Crippen molar-refractivity contribution in [2.45, 2.75) is 19.4 Å². The van der Waals surface area contributed by atoms with Crippen molar-refractivity contribution in [2.24, 2.45) is 0 Å². The van der Waals surface area contributed by atoms with Crippen LogP contribution in [0.4, 0.5) is 11.4 Å². The molecule has 3 nitrogen and oxygen atoms in total. The monoisotopic (exact) mass is 218 g/mol. The molecule has 0 radical (unpaired) electrons. The van der Waals surface area contributed by atoms with Gasteiger partial charge in [0.25, 0.3) is 0 Å². The largest absolute Gasteiger partial charge is 0.382 e. The van der Waals surface area contributed by atoms with E-state index >= 15 is 0 Å². The van der Waals surface area contributed by atoms with Crippen LogP contribution in [-0.4, -0.2) is 32.3 Å². The molecule has 2 heterocycles. The van der Waals surface area contributed by atoms with Crippen LogP contribution in [0.15, 0.2) is 18.2 Å². The van der Waals surface area contributed by atoms with E-state index in [2.05, 4.69) is 35.3 Å². The maximum Gasteiger partial charge on any atom is 0.0642 e. The van der Waals surface area contributed by atoms with Gasteiger partial charge in [-0.1, -0.05) is 0 Å². The molecule has 1 fully saturated rings. The Morgan fingerprint density at radius 3 is 2.94 bits per heavy atom. The first-order chi connectivity index (χ1) is 7.83. The molecule has 16 heavy (non-hydrogen) atoms. The molecule has 0 amide bonds. The summed E-state index contributed by atoms with van der Waals surface area (Å²) in [7, 11) is 0. The zero-order chi connectivity index (χ0) is 11.0. The number of hydrogen-bond acceptors (Lipinski definition) is 3. The van der Waals surface area contributed by atoms with Gasteiger partial charge in [0.2, 0.25) is 0 Å². The number of rotatable bonds is 1. The normalized spacial score (nSPS) is 24.1. The lowest BCUT2D eigenvalue weighted by Crippen LogP contribution is -2.36. The number of anilines is 2. The van der Waals surface area contributed by atoms with Gasteiger partial charge in [-0.05, 0) is 37.1 Å². The second-order valence-electron chi connectivity index (χ2n) is 4.69. The number of nitrogens with one attached hydrogen (secondary N) is 1. The number of hydrogen-bond donors (Lipinski definition) is 1. The third-order valence-electron chi connectivity index (χ3n) is 3.39. The molecule has 1 aromatic carbocycles. The van der Waals surface area contributed by atoms with Crippen molar-refractivity contribution in [3.63, 3.8) is 0 Å². The molecule has 86 valence electrons. The molecular formula is C13H18N2O. The van der Waals surface area contributed by atoms with Crippen LogP contribution in [0.2, 0.25) is 0 Å². The van der Waals surface area contributed by atoms with Crippen LogP contribution < -0.4 is 10.2 Å². The molecule has 0 spiro atoms. The van der Waals surface area contributed by atoms with E-state index in [1.54, 1.807) is 0 Å². The van der Waals surface area contributed by atoms with E-state index in [1.807, 2.05) is 0 Å². The highest BCUT2D eigenvalue weighted by Crippen LogP contribution is 2.30. The van der Waals surface area contributed by atoms with Gasteiger partial charge in [-0.2, -0.15) is 0 Å². The zero-order valence-electron chi connectivity index (χ0n) is 9.70. The van der Waals surface area contributed by atoms with Crippen molar-refractivity contribution >= 4 is 11.4 Å². The molecule has 2 aliphatic heterocycles. The molecule has 1 unspecified atom stereocenters. The Kier molecular flexibility index (Phi) is 2.48. The topological polar surface area (TPSA) is 24.5 Å². The fourth-order valence-electron chi connectivity index (χ4n) is 2.55. The van der Waals surface area contributed by atoms with Gasteiger partial charge in [0.1, 0.15) is 0 Å². The van der Waals surface area contributed by atoms with Gasteiger partial charge in [-0.3, -0.25) is 0 Å². The van der Waals surface area contributed by atoms with Crippen LogP contribution in [0.1, 0.15) is 12.5 Å². The van der Waals surface area contributed by atoms with Crippen LogP contribution in [0.3, 0.4) is 0 Å². The lowest BCUT2D eigenvalue weighted by molar-refractivity contribution is 0.122. The summed E-state index contributed by atoms with van der Waals surface area (Å²) in [5.74, 6) is 0. The number of benzene rings is 1.